The molecule has 0 amide bonds. The Balaban J connectivity index is 1.87. The van der Waals surface area contributed by atoms with Gasteiger partial charge in [-0.1, -0.05) is 27.5 Å². The average Bonchev–Trinajstić information content (AvgIpc) is 2.97. The Hall–Kier alpha value is -0.550. The van der Waals surface area contributed by atoms with Gasteiger partial charge in [0.05, 0.1) is 17.7 Å². The van der Waals surface area contributed by atoms with E-state index in [9.17, 15) is 5.11 Å². The van der Waals surface area contributed by atoms with Gasteiger partial charge in [0.15, 0.2) is 0 Å². The summed E-state index contributed by atoms with van der Waals surface area (Å²) in [5.74, 6) is 0.935. The zero-order chi connectivity index (χ0) is 13.4. The van der Waals surface area contributed by atoms with E-state index in [1.54, 1.807) is 0 Å². The highest BCUT2D eigenvalue weighted by Crippen LogP contribution is 2.36. The number of rotatable bonds is 3. The number of ether oxygens (including phenoxy) is 1. The van der Waals surface area contributed by atoms with Gasteiger partial charge in [0.2, 0.25) is 0 Å². The molecule has 19 heavy (non-hydrogen) atoms. The Morgan fingerprint density at radius 1 is 1.42 bits per heavy atom. The number of aliphatic hydroxyl groups is 1. The van der Waals surface area contributed by atoms with Crippen LogP contribution >= 0.6 is 38.9 Å². The molecule has 5 heteroatoms. The van der Waals surface area contributed by atoms with Crippen molar-refractivity contribution >= 4 is 38.9 Å². The summed E-state index contributed by atoms with van der Waals surface area (Å²) in [7, 11) is 0. The molecule has 1 aliphatic rings. The van der Waals surface area contributed by atoms with E-state index in [0.717, 1.165) is 33.7 Å². The largest absolute Gasteiger partial charge is 0.493 e. The molecule has 3 rings (SSSR count). The molecule has 0 radical (unpaired) electrons. The fourth-order valence-corrected chi connectivity index (χ4v) is 3.93. The molecule has 1 aromatic heterocycles. The van der Waals surface area contributed by atoms with E-state index in [1.807, 2.05) is 17.5 Å². The van der Waals surface area contributed by atoms with Crippen LogP contribution in [0.2, 0.25) is 5.02 Å². The number of aliphatic hydroxyl groups excluding tert-OH is 1. The summed E-state index contributed by atoms with van der Waals surface area (Å²) >= 11 is 10.9. The van der Waals surface area contributed by atoms with Crippen LogP contribution in [0, 0.1) is 0 Å². The van der Waals surface area contributed by atoms with Gasteiger partial charge in [-0.15, -0.1) is 11.3 Å². The van der Waals surface area contributed by atoms with Crippen molar-refractivity contribution in [2.75, 3.05) is 6.61 Å². The summed E-state index contributed by atoms with van der Waals surface area (Å²) in [4.78, 5) is 0.886. The molecule has 1 unspecified atom stereocenters. The van der Waals surface area contributed by atoms with E-state index < -0.39 is 6.10 Å². The zero-order valence-electron chi connectivity index (χ0n) is 10.0. The molecule has 2 heterocycles. The predicted octanol–water partition coefficient (Wildman–Crippen LogP) is 4.38. The third kappa shape index (κ3) is 2.82. The predicted molar refractivity (Wildman–Crippen MR) is 81.3 cm³/mol. The number of thiophene rings is 1. The Morgan fingerprint density at radius 2 is 2.26 bits per heavy atom. The molecule has 2 aromatic rings. The first-order valence-corrected chi connectivity index (χ1v) is 8.04. The third-order valence-electron chi connectivity index (χ3n) is 3.15. The molecule has 0 saturated heterocycles. The fraction of sp³-hybridized carbons (Fsp3) is 0.286. The summed E-state index contributed by atoms with van der Waals surface area (Å²) in [5, 5.41) is 12.8. The van der Waals surface area contributed by atoms with Gasteiger partial charge in [0, 0.05) is 27.6 Å². The number of fused-ring (bicyclic) bond motifs is 1. The Morgan fingerprint density at radius 3 is 3.00 bits per heavy atom. The van der Waals surface area contributed by atoms with Crippen LogP contribution in [-0.2, 0) is 12.8 Å². The van der Waals surface area contributed by atoms with Crippen molar-refractivity contribution in [2.45, 2.75) is 18.9 Å². The third-order valence-corrected chi connectivity index (χ3v) is 4.99. The second-order valence-corrected chi connectivity index (χ2v) is 6.83. The molecule has 2 nitrogen and oxygen atoms in total. The van der Waals surface area contributed by atoms with Gasteiger partial charge in [0.25, 0.3) is 0 Å². The minimum atomic E-state index is -0.542. The molecule has 0 aliphatic carbocycles. The lowest BCUT2D eigenvalue weighted by atomic mass is 10.0. The van der Waals surface area contributed by atoms with Crippen molar-refractivity contribution < 1.29 is 9.84 Å². The van der Waals surface area contributed by atoms with Crippen molar-refractivity contribution in [1.29, 1.82) is 0 Å². The fourth-order valence-electron chi connectivity index (χ4n) is 2.31. The van der Waals surface area contributed by atoms with Gasteiger partial charge < -0.3 is 9.84 Å². The first-order chi connectivity index (χ1) is 9.13. The van der Waals surface area contributed by atoms with Gasteiger partial charge in [-0.2, -0.15) is 0 Å². The molecule has 0 spiro atoms. The summed E-state index contributed by atoms with van der Waals surface area (Å²) < 4.78 is 6.70. The smallest absolute Gasteiger partial charge is 0.125 e. The zero-order valence-corrected chi connectivity index (χ0v) is 13.2. The summed E-state index contributed by atoms with van der Waals surface area (Å²) in [6.07, 6.45) is 0.932. The molecule has 1 aliphatic heterocycles. The maximum atomic E-state index is 10.3. The molecule has 0 fully saturated rings. The van der Waals surface area contributed by atoms with E-state index in [1.165, 1.54) is 16.9 Å². The second-order valence-electron chi connectivity index (χ2n) is 4.54. The van der Waals surface area contributed by atoms with Crippen LogP contribution in [0.25, 0.3) is 0 Å². The number of hydrogen-bond donors (Lipinski definition) is 1. The van der Waals surface area contributed by atoms with Gasteiger partial charge in [-0.3, -0.25) is 0 Å². The minimum absolute atomic E-state index is 0.540. The van der Waals surface area contributed by atoms with E-state index in [2.05, 4.69) is 22.0 Å². The highest BCUT2D eigenvalue weighted by Gasteiger charge is 2.20. The summed E-state index contributed by atoms with van der Waals surface area (Å²) in [5.41, 5.74) is 2.25. The Bertz CT molecular complexity index is 611. The van der Waals surface area contributed by atoms with E-state index in [0.29, 0.717) is 11.4 Å². The monoisotopic (exact) mass is 358 g/mol. The van der Waals surface area contributed by atoms with Crippen LogP contribution in [0.5, 0.6) is 5.75 Å². The SMILES string of the molecule is OC(Cc1cc(Br)cc2c1OCC2)c1cc(Cl)cs1. The van der Waals surface area contributed by atoms with Crippen LogP contribution in [0.1, 0.15) is 22.1 Å². The Labute approximate surface area is 129 Å². The van der Waals surface area contributed by atoms with Gasteiger partial charge in [-0.25, -0.2) is 0 Å². The van der Waals surface area contributed by atoms with E-state index in [-0.39, 0.29) is 0 Å². The lowest BCUT2D eigenvalue weighted by Crippen LogP contribution is -2.01. The molecule has 0 saturated carbocycles. The van der Waals surface area contributed by atoms with Crippen LogP contribution in [0.4, 0.5) is 0 Å². The summed E-state index contributed by atoms with van der Waals surface area (Å²) in [6, 6.07) is 5.92. The maximum Gasteiger partial charge on any atom is 0.125 e. The molecule has 0 bridgehead atoms. The van der Waals surface area contributed by atoms with Crippen molar-refractivity contribution in [3.8, 4) is 5.75 Å². The molecule has 100 valence electrons. The maximum absolute atomic E-state index is 10.3. The van der Waals surface area contributed by atoms with Crippen LogP contribution < -0.4 is 4.74 Å². The number of benzene rings is 1. The van der Waals surface area contributed by atoms with Crippen LogP contribution in [0.3, 0.4) is 0 Å². The molecular weight excluding hydrogens is 348 g/mol. The first kappa shape index (κ1) is 13.4. The van der Waals surface area contributed by atoms with Crippen LogP contribution in [0.15, 0.2) is 28.1 Å². The van der Waals surface area contributed by atoms with Crippen LogP contribution in [-0.4, -0.2) is 11.7 Å². The Kier molecular flexibility index (Phi) is 3.85. The molecule has 1 N–H and O–H groups in total. The minimum Gasteiger partial charge on any atom is -0.493 e. The van der Waals surface area contributed by atoms with Crippen molar-refractivity contribution in [1.82, 2.24) is 0 Å². The quantitative estimate of drug-likeness (QED) is 0.881. The number of halogens is 2. The molecule has 1 atom stereocenters. The number of hydrogen-bond acceptors (Lipinski definition) is 3. The van der Waals surface area contributed by atoms with Gasteiger partial charge in [-0.05, 0) is 29.3 Å². The highest BCUT2D eigenvalue weighted by atomic mass is 79.9. The van der Waals surface area contributed by atoms with Crippen molar-refractivity contribution in [3.63, 3.8) is 0 Å². The van der Waals surface area contributed by atoms with Crippen molar-refractivity contribution in [3.05, 3.63) is 49.1 Å². The second kappa shape index (κ2) is 5.44. The lowest BCUT2D eigenvalue weighted by Gasteiger charge is -2.12. The summed E-state index contributed by atoms with van der Waals surface area (Å²) in [6.45, 7) is 0.722. The molecule has 1 aromatic carbocycles. The van der Waals surface area contributed by atoms with Gasteiger partial charge in [0.1, 0.15) is 5.75 Å². The van der Waals surface area contributed by atoms with Gasteiger partial charge >= 0.3 is 0 Å². The highest BCUT2D eigenvalue weighted by molar-refractivity contribution is 9.10. The standard InChI is InChI=1S/C14H12BrClO2S/c15-10-3-8-1-2-18-14(8)9(4-10)5-12(17)13-6-11(16)7-19-13/h3-4,6-7,12,17H,1-2,5H2. The van der Waals surface area contributed by atoms with E-state index in [4.69, 9.17) is 16.3 Å². The lowest BCUT2D eigenvalue weighted by molar-refractivity contribution is 0.181. The topological polar surface area (TPSA) is 29.5 Å². The van der Waals surface area contributed by atoms with E-state index >= 15 is 0 Å². The molecular formula is C14H12BrClO2S. The van der Waals surface area contributed by atoms with Crippen molar-refractivity contribution in [2.24, 2.45) is 0 Å². The average molecular weight is 360 g/mol. The first-order valence-electron chi connectivity index (χ1n) is 5.99. The normalized spacial score (nSPS) is 15.1.